The van der Waals surface area contributed by atoms with Gasteiger partial charge in [0.1, 0.15) is 11.6 Å². The fourth-order valence-electron chi connectivity index (χ4n) is 2.93. The number of rotatable bonds is 4. The van der Waals surface area contributed by atoms with Crippen LogP contribution in [0.3, 0.4) is 0 Å². The van der Waals surface area contributed by atoms with Crippen LogP contribution in [0, 0.1) is 11.7 Å². The summed E-state index contributed by atoms with van der Waals surface area (Å²) in [7, 11) is 0. The summed E-state index contributed by atoms with van der Waals surface area (Å²) in [5.74, 6) is -0.909. The van der Waals surface area contributed by atoms with Crippen molar-refractivity contribution in [2.45, 2.75) is 12.8 Å². The van der Waals surface area contributed by atoms with Gasteiger partial charge in [-0.15, -0.1) is 0 Å². The molecule has 2 amide bonds. The predicted molar refractivity (Wildman–Crippen MR) is 100 cm³/mol. The monoisotopic (exact) mass is 420 g/mol. The van der Waals surface area contributed by atoms with Crippen LogP contribution in [0.5, 0.6) is 0 Å². The van der Waals surface area contributed by atoms with Gasteiger partial charge in [0, 0.05) is 17.6 Å². The summed E-state index contributed by atoms with van der Waals surface area (Å²) in [5, 5.41) is 2.63. The van der Waals surface area contributed by atoms with Crippen molar-refractivity contribution in [3.63, 3.8) is 0 Å². The molecule has 0 aliphatic carbocycles. The number of nitrogens with zero attached hydrogens (tertiary/aromatic N) is 2. The molecule has 1 unspecified atom stereocenters. The van der Waals surface area contributed by atoms with Gasteiger partial charge in [0.25, 0.3) is 5.91 Å². The predicted octanol–water partition coefficient (Wildman–Crippen LogP) is 2.94. The molecule has 1 aliphatic rings. The maximum Gasteiger partial charge on any atom is 0.258 e. The van der Waals surface area contributed by atoms with Gasteiger partial charge in [-0.05, 0) is 43.2 Å². The Kier molecular flexibility index (Phi) is 5.51. The fraction of sp³-hybridized carbons (Fsp3) is 0.278. The number of amides is 2. The van der Waals surface area contributed by atoms with Crippen LogP contribution >= 0.6 is 15.9 Å². The smallest absolute Gasteiger partial charge is 0.258 e. The van der Waals surface area contributed by atoms with Crippen LogP contribution in [0.15, 0.2) is 41.0 Å². The normalized spacial score (nSPS) is 17.0. The molecule has 6 nitrogen and oxygen atoms in total. The van der Waals surface area contributed by atoms with Crippen molar-refractivity contribution in [2.75, 3.05) is 23.3 Å². The number of hydrogen-bond acceptors (Lipinski definition) is 4. The van der Waals surface area contributed by atoms with Crippen molar-refractivity contribution >= 4 is 39.2 Å². The highest BCUT2D eigenvalue weighted by Crippen LogP contribution is 2.23. The van der Waals surface area contributed by atoms with E-state index in [1.165, 1.54) is 24.4 Å². The molecule has 1 saturated heterocycles. The molecule has 26 heavy (non-hydrogen) atoms. The van der Waals surface area contributed by atoms with E-state index in [2.05, 4.69) is 26.2 Å². The molecule has 0 bridgehead atoms. The Hall–Kier alpha value is -2.48. The number of pyridine rings is 1. The van der Waals surface area contributed by atoms with Crippen LogP contribution in [0.25, 0.3) is 0 Å². The fourth-order valence-corrected chi connectivity index (χ4v) is 3.30. The second-order valence-electron chi connectivity index (χ2n) is 6.17. The second kappa shape index (κ2) is 7.82. The second-order valence-corrected chi connectivity index (χ2v) is 7.09. The Labute approximate surface area is 158 Å². The average molecular weight is 421 g/mol. The molecule has 3 rings (SSSR count). The molecule has 1 aliphatic heterocycles. The van der Waals surface area contributed by atoms with Crippen molar-refractivity contribution in [1.29, 1.82) is 0 Å². The minimum atomic E-state index is -0.596. The SMILES string of the molecule is NC(=O)C1CCCN(c2ccc(NC(=O)c3cc(Br)ccc3F)cn2)C1. The Bertz CT molecular complexity index is 828. The third-order valence-corrected chi connectivity index (χ3v) is 4.82. The van der Waals surface area contributed by atoms with Gasteiger partial charge in [-0.1, -0.05) is 15.9 Å². The minimum absolute atomic E-state index is 0.0521. The molecule has 1 aromatic heterocycles. The molecule has 2 aromatic rings. The Morgan fingerprint density at radius 2 is 2.12 bits per heavy atom. The van der Waals surface area contributed by atoms with Crippen molar-refractivity contribution < 1.29 is 14.0 Å². The van der Waals surface area contributed by atoms with E-state index in [1.54, 1.807) is 12.1 Å². The summed E-state index contributed by atoms with van der Waals surface area (Å²) in [5.41, 5.74) is 5.80. The van der Waals surface area contributed by atoms with Gasteiger partial charge in [-0.2, -0.15) is 0 Å². The Balaban J connectivity index is 1.69. The van der Waals surface area contributed by atoms with Gasteiger partial charge >= 0.3 is 0 Å². The first-order chi connectivity index (χ1) is 12.4. The third-order valence-electron chi connectivity index (χ3n) is 4.33. The maximum atomic E-state index is 13.8. The molecular weight excluding hydrogens is 403 g/mol. The minimum Gasteiger partial charge on any atom is -0.369 e. The van der Waals surface area contributed by atoms with E-state index < -0.39 is 11.7 Å². The summed E-state index contributed by atoms with van der Waals surface area (Å²) in [4.78, 5) is 30.0. The van der Waals surface area contributed by atoms with Crippen LogP contribution < -0.4 is 16.0 Å². The molecule has 1 aromatic carbocycles. The first-order valence-electron chi connectivity index (χ1n) is 8.21. The number of carbonyl (C=O) groups is 2. The van der Waals surface area contributed by atoms with Gasteiger partial charge in [-0.25, -0.2) is 9.37 Å². The quantitative estimate of drug-likeness (QED) is 0.795. The molecule has 0 radical (unpaired) electrons. The van der Waals surface area contributed by atoms with Gasteiger partial charge < -0.3 is 16.0 Å². The van der Waals surface area contributed by atoms with Crippen molar-refractivity contribution in [1.82, 2.24) is 4.98 Å². The van der Waals surface area contributed by atoms with Crippen LogP contribution in [0.4, 0.5) is 15.9 Å². The molecule has 8 heteroatoms. The summed E-state index contributed by atoms with van der Waals surface area (Å²) in [6, 6.07) is 7.64. The zero-order valence-corrected chi connectivity index (χ0v) is 15.5. The summed E-state index contributed by atoms with van der Waals surface area (Å²) < 4.78 is 14.4. The molecule has 0 saturated carbocycles. The van der Waals surface area contributed by atoms with E-state index in [0.29, 0.717) is 22.5 Å². The summed E-state index contributed by atoms with van der Waals surface area (Å²) >= 11 is 3.22. The number of aromatic nitrogens is 1. The molecule has 136 valence electrons. The van der Waals surface area contributed by atoms with E-state index in [1.807, 2.05) is 4.90 Å². The van der Waals surface area contributed by atoms with E-state index in [-0.39, 0.29) is 17.4 Å². The maximum absolute atomic E-state index is 13.8. The first kappa shape index (κ1) is 18.3. The number of piperidine rings is 1. The third kappa shape index (κ3) is 4.19. The van der Waals surface area contributed by atoms with Crippen LogP contribution in [0.2, 0.25) is 0 Å². The average Bonchev–Trinajstić information content (AvgIpc) is 2.64. The molecule has 1 atom stereocenters. The molecule has 1 fully saturated rings. The Morgan fingerprint density at radius 1 is 1.31 bits per heavy atom. The van der Waals surface area contributed by atoms with E-state index in [4.69, 9.17) is 5.73 Å². The summed E-state index contributed by atoms with van der Waals surface area (Å²) in [6.07, 6.45) is 3.17. The number of benzene rings is 1. The van der Waals surface area contributed by atoms with Gasteiger partial charge in [0.05, 0.1) is 23.4 Å². The van der Waals surface area contributed by atoms with E-state index >= 15 is 0 Å². The summed E-state index contributed by atoms with van der Waals surface area (Å²) in [6.45, 7) is 1.34. The lowest BCUT2D eigenvalue weighted by Crippen LogP contribution is -2.41. The number of anilines is 2. The van der Waals surface area contributed by atoms with Crippen LogP contribution in [-0.2, 0) is 4.79 Å². The van der Waals surface area contributed by atoms with Gasteiger partial charge in [-0.3, -0.25) is 9.59 Å². The highest BCUT2D eigenvalue weighted by atomic mass is 79.9. The van der Waals surface area contributed by atoms with Gasteiger partial charge in [0.2, 0.25) is 5.91 Å². The Morgan fingerprint density at radius 3 is 2.81 bits per heavy atom. The number of primary amides is 1. The van der Waals surface area contributed by atoms with Crippen LogP contribution in [-0.4, -0.2) is 29.9 Å². The number of halogens is 2. The lowest BCUT2D eigenvalue weighted by Gasteiger charge is -2.32. The largest absolute Gasteiger partial charge is 0.369 e. The lowest BCUT2D eigenvalue weighted by atomic mass is 9.97. The highest BCUT2D eigenvalue weighted by molar-refractivity contribution is 9.10. The standard InChI is InChI=1S/C18H18BrFN4O2/c19-12-3-5-15(20)14(8-12)18(26)23-13-4-6-16(22-9-13)24-7-1-2-11(10-24)17(21)25/h3-6,8-9,11H,1-2,7,10H2,(H2,21,25)(H,23,26). The number of hydrogen-bond donors (Lipinski definition) is 2. The molecular formula is C18H18BrFN4O2. The zero-order chi connectivity index (χ0) is 18.7. The van der Waals surface area contributed by atoms with Gasteiger partial charge in [0.15, 0.2) is 0 Å². The number of nitrogens with one attached hydrogen (secondary N) is 1. The van der Waals surface area contributed by atoms with E-state index in [9.17, 15) is 14.0 Å². The number of nitrogens with two attached hydrogens (primary N) is 1. The topological polar surface area (TPSA) is 88.3 Å². The van der Waals surface area contributed by atoms with Crippen molar-refractivity contribution in [2.24, 2.45) is 11.7 Å². The van der Waals surface area contributed by atoms with Crippen molar-refractivity contribution in [3.8, 4) is 0 Å². The lowest BCUT2D eigenvalue weighted by molar-refractivity contribution is -0.122. The number of carbonyl (C=O) groups excluding carboxylic acids is 2. The van der Waals surface area contributed by atoms with E-state index in [0.717, 1.165) is 19.4 Å². The zero-order valence-electron chi connectivity index (χ0n) is 13.9. The molecule has 3 N–H and O–H groups in total. The molecule has 2 heterocycles. The molecule has 0 spiro atoms. The first-order valence-corrected chi connectivity index (χ1v) is 9.00. The van der Waals surface area contributed by atoms with Crippen LogP contribution in [0.1, 0.15) is 23.2 Å². The van der Waals surface area contributed by atoms with Crippen molar-refractivity contribution in [3.05, 3.63) is 52.4 Å². The highest BCUT2D eigenvalue weighted by Gasteiger charge is 2.24.